The van der Waals surface area contributed by atoms with Crippen LogP contribution in [0.1, 0.15) is 23.4 Å². The van der Waals surface area contributed by atoms with Crippen molar-refractivity contribution in [2.45, 2.75) is 19.6 Å². The fraction of sp³-hybridized carbons (Fsp3) is 0.353. The number of pyridine rings is 1. The predicted octanol–water partition coefficient (Wildman–Crippen LogP) is 2.64. The fourth-order valence-corrected chi connectivity index (χ4v) is 3.04. The maximum atomic E-state index is 13.9. The van der Waals surface area contributed by atoms with E-state index in [1.807, 2.05) is 12.1 Å². The molecule has 0 N–H and O–H groups in total. The summed E-state index contributed by atoms with van der Waals surface area (Å²) in [6.07, 6.45) is 1.50. The second-order valence-corrected chi connectivity index (χ2v) is 5.91. The van der Waals surface area contributed by atoms with Gasteiger partial charge in [-0.3, -0.25) is 9.88 Å². The summed E-state index contributed by atoms with van der Waals surface area (Å²) in [4.78, 5) is 10.8. The maximum absolute atomic E-state index is 13.9. The Balaban J connectivity index is 1.57. The molecule has 1 aliphatic rings. The molecule has 1 fully saturated rings. The maximum Gasteiger partial charge on any atom is 0.223 e. The second-order valence-electron chi connectivity index (χ2n) is 5.91. The summed E-state index contributed by atoms with van der Waals surface area (Å²) < 4.78 is 24.7. The van der Waals surface area contributed by atoms with Gasteiger partial charge < -0.3 is 9.26 Å². The lowest BCUT2D eigenvalue weighted by Gasteiger charge is -2.31. The Kier molecular flexibility index (Phi) is 3.95. The molecule has 1 atom stereocenters. The van der Waals surface area contributed by atoms with Crippen molar-refractivity contribution in [1.29, 1.82) is 0 Å². The topological polar surface area (TPSA) is 64.3 Å². The standard InChI is InChI=1S/C17H17FN4O2/c1-11-20-17(21-24-11)15-10-22(5-6-23-15)9-13-8-14(18)7-12-3-2-4-19-16(12)13/h2-4,7-8,15H,5-6,9-10H2,1H3. The number of aromatic nitrogens is 3. The van der Waals surface area contributed by atoms with E-state index in [9.17, 15) is 4.39 Å². The van der Waals surface area contributed by atoms with Crippen molar-refractivity contribution in [2.75, 3.05) is 19.7 Å². The Morgan fingerprint density at radius 2 is 2.29 bits per heavy atom. The number of ether oxygens (including phenoxy) is 1. The quantitative estimate of drug-likeness (QED) is 0.736. The summed E-state index contributed by atoms with van der Waals surface area (Å²) >= 11 is 0. The third kappa shape index (κ3) is 3.00. The van der Waals surface area contributed by atoms with E-state index in [4.69, 9.17) is 9.26 Å². The largest absolute Gasteiger partial charge is 0.367 e. The van der Waals surface area contributed by atoms with Gasteiger partial charge in [-0.1, -0.05) is 11.2 Å². The highest BCUT2D eigenvalue weighted by molar-refractivity contribution is 5.81. The number of rotatable bonds is 3. The van der Waals surface area contributed by atoms with E-state index in [-0.39, 0.29) is 11.9 Å². The molecule has 0 bridgehead atoms. The number of halogens is 1. The molecule has 7 heteroatoms. The van der Waals surface area contributed by atoms with Crippen LogP contribution >= 0.6 is 0 Å². The molecular formula is C17H17FN4O2. The van der Waals surface area contributed by atoms with Crippen molar-refractivity contribution in [3.63, 3.8) is 0 Å². The van der Waals surface area contributed by atoms with Crippen LogP contribution < -0.4 is 0 Å². The van der Waals surface area contributed by atoms with Crippen LogP contribution in [0.2, 0.25) is 0 Å². The van der Waals surface area contributed by atoms with E-state index >= 15 is 0 Å². The third-order valence-corrected chi connectivity index (χ3v) is 4.12. The minimum absolute atomic E-state index is 0.232. The summed E-state index contributed by atoms with van der Waals surface area (Å²) in [6, 6.07) is 6.75. The van der Waals surface area contributed by atoms with Gasteiger partial charge in [0, 0.05) is 38.1 Å². The highest BCUT2D eigenvalue weighted by Gasteiger charge is 2.26. The number of fused-ring (bicyclic) bond motifs is 1. The van der Waals surface area contributed by atoms with Crippen molar-refractivity contribution in [1.82, 2.24) is 20.0 Å². The SMILES string of the molecule is Cc1nc(C2CN(Cc3cc(F)cc4cccnc34)CCO2)no1. The molecule has 1 saturated heterocycles. The molecule has 0 aliphatic carbocycles. The number of nitrogens with zero attached hydrogens (tertiary/aromatic N) is 4. The lowest BCUT2D eigenvalue weighted by atomic mass is 10.1. The number of benzene rings is 1. The van der Waals surface area contributed by atoms with Crippen LogP contribution in [0.5, 0.6) is 0 Å². The average molecular weight is 328 g/mol. The summed E-state index contributed by atoms with van der Waals surface area (Å²) in [5, 5.41) is 4.75. The number of morpholine rings is 1. The molecule has 2 aromatic heterocycles. The Morgan fingerprint density at radius 3 is 3.12 bits per heavy atom. The first-order valence-corrected chi connectivity index (χ1v) is 7.86. The van der Waals surface area contributed by atoms with Crippen LogP contribution in [0.3, 0.4) is 0 Å². The minimum atomic E-state index is -0.246. The zero-order valence-electron chi connectivity index (χ0n) is 13.3. The van der Waals surface area contributed by atoms with Crippen LogP contribution in [0.15, 0.2) is 35.0 Å². The summed E-state index contributed by atoms with van der Waals surface area (Å²) in [5.74, 6) is 0.828. The van der Waals surface area contributed by atoms with E-state index in [2.05, 4.69) is 20.0 Å². The van der Waals surface area contributed by atoms with Gasteiger partial charge in [-0.25, -0.2) is 4.39 Å². The zero-order chi connectivity index (χ0) is 16.5. The Bertz CT molecular complexity index is 867. The summed E-state index contributed by atoms with van der Waals surface area (Å²) in [5.41, 5.74) is 1.70. The van der Waals surface area contributed by atoms with Crippen molar-refractivity contribution >= 4 is 10.9 Å². The first-order valence-electron chi connectivity index (χ1n) is 7.86. The Hall–Kier alpha value is -2.38. The molecular weight excluding hydrogens is 311 g/mol. The molecule has 1 aliphatic heterocycles. The summed E-state index contributed by atoms with van der Waals surface area (Å²) in [7, 11) is 0. The molecule has 6 nitrogen and oxygen atoms in total. The molecule has 3 aromatic rings. The van der Waals surface area contributed by atoms with E-state index in [0.717, 1.165) is 23.0 Å². The van der Waals surface area contributed by atoms with Gasteiger partial charge in [0.25, 0.3) is 0 Å². The molecule has 0 spiro atoms. The number of hydrogen-bond donors (Lipinski definition) is 0. The smallest absolute Gasteiger partial charge is 0.223 e. The van der Waals surface area contributed by atoms with Gasteiger partial charge in [-0.15, -0.1) is 0 Å². The van der Waals surface area contributed by atoms with E-state index < -0.39 is 0 Å². The molecule has 24 heavy (non-hydrogen) atoms. The highest BCUT2D eigenvalue weighted by atomic mass is 19.1. The average Bonchev–Trinajstić information content (AvgIpc) is 3.01. The molecule has 1 unspecified atom stereocenters. The van der Waals surface area contributed by atoms with E-state index in [0.29, 0.717) is 31.4 Å². The molecule has 4 rings (SSSR count). The van der Waals surface area contributed by atoms with Crippen molar-refractivity contribution < 1.29 is 13.7 Å². The summed E-state index contributed by atoms with van der Waals surface area (Å²) in [6.45, 7) is 4.31. The first kappa shape index (κ1) is 15.2. The minimum Gasteiger partial charge on any atom is -0.367 e. The van der Waals surface area contributed by atoms with Gasteiger partial charge in [0.05, 0.1) is 12.1 Å². The molecule has 0 saturated carbocycles. The van der Waals surface area contributed by atoms with Crippen LogP contribution in [-0.2, 0) is 11.3 Å². The lowest BCUT2D eigenvalue weighted by Crippen LogP contribution is -2.38. The van der Waals surface area contributed by atoms with Crippen molar-refractivity contribution in [3.05, 3.63) is 53.6 Å². The van der Waals surface area contributed by atoms with E-state index in [1.165, 1.54) is 6.07 Å². The van der Waals surface area contributed by atoms with Crippen LogP contribution in [0, 0.1) is 12.7 Å². The van der Waals surface area contributed by atoms with Gasteiger partial charge in [-0.05, 0) is 23.8 Å². The monoisotopic (exact) mass is 328 g/mol. The predicted molar refractivity (Wildman–Crippen MR) is 84.7 cm³/mol. The van der Waals surface area contributed by atoms with Crippen LogP contribution in [0.4, 0.5) is 4.39 Å². The van der Waals surface area contributed by atoms with Gasteiger partial charge in [0.1, 0.15) is 11.9 Å². The van der Waals surface area contributed by atoms with Gasteiger partial charge in [0.2, 0.25) is 11.7 Å². The van der Waals surface area contributed by atoms with Crippen LogP contribution in [-0.4, -0.2) is 39.7 Å². The van der Waals surface area contributed by atoms with E-state index in [1.54, 1.807) is 19.2 Å². The van der Waals surface area contributed by atoms with Crippen molar-refractivity contribution in [3.8, 4) is 0 Å². The first-order chi connectivity index (χ1) is 11.7. The molecule has 0 radical (unpaired) electrons. The van der Waals surface area contributed by atoms with Gasteiger partial charge >= 0.3 is 0 Å². The van der Waals surface area contributed by atoms with Crippen molar-refractivity contribution in [2.24, 2.45) is 0 Å². The third-order valence-electron chi connectivity index (χ3n) is 4.12. The molecule has 3 heterocycles. The molecule has 124 valence electrons. The number of aryl methyl sites for hydroxylation is 1. The Labute approximate surface area is 138 Å². The van der Waals surface area contributed by atoms with Gasteiger partial charge in [-0.2, -0.15) is 4.98 Å². The van der Waals surface area contributed by atoms with Crippen LogP contribution in [0.25, 0.3) is 10.9 Å². The molecule has 1 aromatic carbocycles. The van der Waals surface area contributed by atoms with Gasteiger partial charge in [0.15, 0.2) is 0 Å². The second kappa shape index (κ2) is 6.26. The zero-order valence-corrected chi connectivity index (χ0v) is 13.3. The normalized spacial score (nSPS) is 19.0. The fourth-order valence-electron chi connectivity index (χ4n) is 3.04. The molecule has 0 amide bonds. The highest BCUT2D eigenvalue weighted by Crippen LogP contribution is 2.24. The number of hydrogen-bond acceptors (Lipinski definition) is 6. The Morgan fingerprint density at radius 1 is 1.38 bits per heavy atom. The lowest BCUT2D eigenvalue weighted by molar-refractivity contribution is -0.0379.